The van der Waals surface area contributed by atoms with Gasteiger partial charge in [-0.05, 0) is 29.7 Å². The minimum atomic E-state index is -0.235. The Morgan fingerprint density at radius 1 is 1.19 bits per heavy atom. The van der Waals surface area contributed by atoms with Crippen LogP contribution in [0.3, 0.4) is 0 Å². The topological polar surface area (TPSA) is 53.6 Å². The molecule has 26 heavy (non-hydrogen) atoms. The average Bonchev–Trinajstić information content (AvgIpc) is 3.18. The van der Waals surface area contributed by atoms with E-state index in [1.807, 2.05) is 73.8 Å². The van der Waals surface area contributed by atoms with Crippen LogP contribution in [0.4, 0.5) is 0 Å². The second kappa shape index (κ2) is 8.65. The molecule has 2 aromatic rings. The molecule has 1 fully saturated rings. The van der Waals surface area contributed by atoms with Crippen LogP contribution >= 0.6 is 0 Å². The van der Waals surface area contributed by atoms with Crippen molar-refractivity contribution in [2.45, 2.75) is 18.5 Å². The fourth-order valence-corrected chi connectivity index (χ4v) is 3.06. The summed E-state index contributed by atoms with van der Waals surface area (Å²) in [6.45, 7) is 0.579. The Bertz CT molecular complexity index is 761. The van der Waals surface area contributed by atoms with Gasteiger partial charge in [-0.2, -0.15) is 0 Å². The molecule has 2 unspecified atom stereocenters. The molecule has 0 aromatic heterocycles. The molecule has 2 N–H and O–H groups in total. The van der Waals surface area contributed by atoms with Crippen molar-refractivity contribution >= 4 is 12.0 Å². The standard InChI is InChI=1S/C21H25N3O2/c1-24(13-7-10-16-8-4-3-5-9-16)21(25)20-15-19(22-23-20)17-11-6-12-18(14-17)26-2/h3-12,14,19-20,22-23H,13,15H2,1-2H3/b10-7+. The number of benzene rings is 2. The van der Waals surface area contributed by atoms with Crippen molar-refractivity contribution in [3.8, 4) is 5.75 Å². The molecule has 0 spiro atoms. The molecule has 5 nitrogen and oxygen atoms in total. The second-order valence-electron chi connectivity index (χ2n) is 6.44. The molecule has 1 saturated heterocycles. The van der Waals surface area contributed by atoms with Gasteiger partial charge in [0.2, 0.25) is 5.91 Å². The Labute approximate surface area is 154 Å². The average molecular weight is 351 g/mol. The lowest BCUT2D eigenvalue weighted by atomic mass is 10.0. The molecule has 136 valence electrons. The molecular formula is C21H25N3O2. The number of hydrogen-bond donors (Lipinski definition) is 2. The number of likely N-dealkylation sites (N-methyl/N-ethyl adjacent to an activating group) is 1. The first-order valence-electron chi connectivity index (χ1n) is 8.79. The number of rotatable bonds is 6. The maximum Gasteiger partial charge on any atom is 0.241 e. The monoisotopic (exact) mass is 351 g/mol. The summed E-state index contributed by atoms with van der Waals surface area (Å²) in [5.41, 5.74) is 8.59. The smallest absolute Gasteiger partial charge is 0.241 e. The molecule has 2 aromatic carbocycles. The molecule has 0 bridgehead atoms. The fourth-order valence-electron chi connectivity index (χ4n) is 3.06. The third-order valence-electron chi connectivity index (χ3n) is 4.56. The molecule has 1 aliphatic heterocycles. The maximum atomic E-state index is 12.7. The van der Waals surface area contributed by atoms with Gasteiger partial charge in [0.15, 0.2) is 0 Å². The van der Waals surface area contributed by atoms with E-state index in [1.165, 1.54) is 0 Å². The lowest BCUT2D eigenvalue weighted by Crippen LogP contribution is -2.44. The minimum absolute atomic E-state index is 0.0839. The van der Waals surface area contributed by atoms with Crippen LogP contribution < -0.4 is 15.6 Å². The van der Waals surface area contributed by atoms with Crippen molar-refractivity contribution in [3.63, 3.8) is 0 Å². The molecule has 1 amide bonds. The normalized spacial score (nSPS) is 19.6. The van der Waals surface area contributed by atoms with Gasteiger partial charge in [0.25, 0.3) is 0 Å². The van der Waals surface area contributed by atoms with E-state index in [1.54, 1.807) is 12.0 Å². The summed E-state index contributed by atoms with van der Waals surface area (Å²) in [7, 11) is 3.49. The molecule has 0 aliphatic carbocycles. The highest BCUT2D eigenvalue weighted by molar-refractivity contribution is 5.82. The third kappa shape index (κ3) is 4.50. The van der Waals surface area contributed by atoms with Crippen LogP contribution in [0.15, 0.2) is 60.7 Å². The van der Waals surface area contributed by atoms with Gasteiger partial charge in [-0.15, -0.1) is 0 Å². The van der Waals surface area contributed by atoms with Gasteiger partial charge in [-0.25, -0.2) is 10.9 Å². The van der Waals surface area contributed by atoms with Crippen molar-refractivity contribution in [1.82, 2.24) is 15.8 Å². The van der Waals surface area contributed by atoms with E-state index in [2.05, 4.69) is 10.9 Å². The summed E-state index contributed by atoms with van der Waals surface area (Å²) in [4.78, 5) is 14.4. The summed E-state index contributed by atoms with van der Waals surface area (Å²) in [6.07, 6.45) is 4.75. The SMILES string of the molecule is COc1cccc(C2CC(C(=O)N(C)C/C=C/c3ccccc3)NN2)c1. The lowest BCUT2D eigenvalue weighted by Gasteiger charge is -2.19. The summed E-state index contributed by atoms with van der Waals surface area (Å²) in [5.74, 6) is 0.905. The Balaban J connectivity index is 1.54. The molecule has 0 radical (unpaired) electrons. The fraction of sp³-hybridized carbons (Fsp3) is 0.286. The number of nitrogens with one attached hydrogen (secondary N) is 2. The van der Waals surface area contributed by atoms with Gasteiger partial charge < -0.3 is 9.64 Å². The number of ether oxygens (including phenoxy) is 1. The summed E-state index contributed by atoms with van der Waals surface area (Å²) in [6, 6.07) is 17.9. The van der Waals surface area contributed by atoms with Crippen LogP contribution in [0, 0.1) is 0 Å². The van der Waals surface area contributed by atoms with Crippen LogP contribution in [0.25, 0.3) is 6.08 Å². The number of methoxy groups -OCH3 is 1. The van der Waals surface area contributed by atoms with Gasteiger partial charge in [-0.1, -0.05) is 54.6 Å². The quantitative estimate of drug-likeness (QED) is 0.840. The van der Waals surface area contributed by atoms with Crippen molar-refractivity contribution in [3.05, 3.63) is 71.8 Å². The molecule has 1 heterocycles. The maximum absolute atomic E-state index is 12.7. The zero-order chi connectivity index (χ0) is 18.4. The van der Waals surface area contributed by atoms with Crippen LogP contribution in [-0.2, 0) is 4.79 Å². The molecule has 1 aliphatic rings. The number of hydrogen-bond acceptors (Lipinski definition) is 4. The Morgan fingerprint density at radius 3 is 2.77 bits per heavy atom. The Morgan fingerprint density at radius 2 is 2.00 bits per heavy atom. The van der Waals surface area contributed by atoms with Crippen molar-refractivity contribution < 1.29 is 9.53 Å². The first kappa shape index (κ1) is 18.2. The zero-order valence-electron chi connectivity index (χ0n) is 15.2. The van der Waals surface area contributed by atoms with Gasteiger partial charge in [0.1, 0.15) is 11.8 Å². The summed E-state index contributed by atoms with van der Waals surface area (Å²) < 4.78 is 5.28. The first-order valence-corrected chi connectivity index (χ1v) is 8.79. The van der Waals surface area contributed by atoms with Crippen LogP contribution in [0.1, 0.15) is 23.6 Å². The molecule has 5 heteroatoms. The molecular weight excluding hydrogens is 326 g/mol. The van der Waals surface area contributed by atoms with E-state index in [0.717, 1.165) is 16.9 Å². The predicted molar refractivity (Wildman–Crippen MR) is 104 cm³/mol. The highest BCUT2D eigenvalue weighted by atomic mass is 16.5. The van der Waals surface area contributed by atoms with Crippen molar-refractivity contribution in [1.29, 1.82) is 0 Å². The number of hydrazine groups is 1. The highest BCUT2D eigenvalue weighted by Gasteiger charge is 2.31. The van der Waals surface area contributed by atoms with Crippen molar-refractivity contribution in [2.24, 2.45) is 0 Å². The van der Waals surface area contributed by atoms with E-state index in [4.69, 9.17) is 4.74 Å². The highest BCUT2D eigenvalue weighted by Crippen LogP contribution is 2.25. The lowest BCUT2D eigenvalue weighted by molar-refractivity contribution is -0.131. The number of nitrogens with zero attached hydrogens (tertiary/aromatic N) is 1. The largest absolute Gasteiger partial charge is 0.497 e. The molecule has 0 saturated carbocycles. The van der Waals surface area contributed by atoms with Gasteiger partial charge in [0, 0.05) is 19.6 Å². The van der Waals surface area contributed by atoms with Gasteiger partial charge >= 0.3 is 0 Å². The Kier molecular flexibility index (Phi) is 6.04. The van der Waals surface area contributed by atoms with E-state index in [9.17, 15) is 4.79 Å². The van der Waals surface area contributed by atoms with E-state index in [-0.39, 0.29) is 18.0 Å². The van der Waals surface area contributed by atoms with E-state index >= 15 is 0 Å². The predicted octanol–water partition coefficient (Wildman–Crippen LogP) is 2.77. The summed E-state index contributed by atoms with van der Waals surface area (Å²) in [5, 5.41) is 0. The van der Waals surface area contributed by atoms with Gasteiger partial charge in [-0.3, -0.25) is 4.79 Å². The first-order chi connectivity index (χ1) is 12.7. The number of carbonyl (C=O) groups excluding carboxylic acids is 1. The molecule has 3 rings (SSSR count). The van der Waals surface area contributed by atoms with Gasteiger partial charge in [0.05, 0.1) is 7.11 Å². The second-order valence-corrected chi connectivity index (χ2v) is 6.44. The third-order valence-corrected chi connectivity index (χ3v) is 4.56. The molecule has 2 atom stereocenters. The van der Waals surface area contributed by atoms with E-state index in [0.29, 0.717) is 13.0 Å². The summed E-state index contributed by atoms with van der Waals surface area (Å²) >= 11 is 0. The zero-order valence-corrected chi connectivity index (χ0v) is 15.2. The number of carbonyl (C=O) groups is 1. The van der Waals surface area contributed by atoms with E-state index < -0.39 is 0 Å². The van der Waals surface area contributed by atoms with Crippen LogP contribution in [-0.4, -0.2) is 37.6 Å². The minimum Gasteiger partial charge on any atom is -0.497 e. The van der Waals surface area contributed by atoms with Crippen molar-refractivity contribution in [2.75, 3.05) is 20.7 Å². The van der Waals surface area contributed by atoms with Crippen LogP contribution in [0.5, 0.6) is 5.75 Å². The Hall–Kier alpha value is -2.63. The van der Waals surface area contributed by atoms with Crippen LogP contribution in [0.2, 0.25) is 0 Å². The number of amides is 1.